The van der Waals surface area contributed by atoms with Crippen LogP contribution >= 0.6 is 0 Å². The maximum absolute atomic E-state index is 12.3. The second kappa shape index (κ2) is 4.88. The third-order valence-corrected chi connectivity index (χ3v) is 3.28. The van der Waals surface area contributed by atoms with E-state index >= 15 is 0 Å². The van der Waals surface area contributed by atoms with Crippen LogP contribution in [0.2, 0.25) is 0 Å². The molecule has 2 heterocycles. The van der Waals surface area contributed by atoms with Crippen molar-refractivity contribution in [3.8, 4) is 5.75 Å². The summed E-state index contributed by atoms with van der Waals surface area (Å²) in [6, 6.07) is 7.55. The third-order valence-electron chi connectivity index (χ3n) is 3.28. The second-order valence-electron chi connectivity index (χ2n) is 4.75. The standard InChI is InChI=1S/C14H16N4O2/c1-10-14(19)18(7-6-17-9-11(15)8-16-17)12-4-2-3-5-13(12)20-10/h2-5,8-10H,6-7,15H2,1H3. The van der Waals surface area contributed by atoms with E-state index in [1.54, 1.807) is 28.9 Å². The van der Waals surface area contributed by atoms with Gasteiger partial charge in [-0.2, -0.15) is 5.10 Å². The van der Waals surface area contributed by atoms with Gasteiger partial charge in [-0.25, -0.2) is 0 Å². The van der Waals surface area contributed by atoms with Crippen LogP contribution in [-0.4, -0.2) is 28.3 Å². The lowest BCUT2D eigenvalue weighted by molar-refractivity contribution is -0.125. The summed E-state index contributed by atoms with van der Waals surface area (Å²) in [6.45, 7) is 2.88. The lowest BCUT2D eigenvalue weighted by Crippen LogP contribution is -2.45. The van der Waals surface area contributed by atoms with Crippen LogP contribution in [0.1, 0.15) is 6.92 Å². The molecule has 6 nitrogen and oxygen atoms in total. The zero-order valence-electron chi connectivity index (χ0n) is 11.2. The van der Waals surface area contributed by atoms with Gasteiger partial charge in [0, 0.05) is 12.7 Å². The first kappa shape index (κ1) is 12.5. The number of carbonyl (C=O) groups is 1. The van der Waals surface area contributed by atoms with Gasteiger partial charge in [-0.3, -0.25) is 9.48 Å². The fourth-order valence-electron chi connectivity index (χ4n) is 2.29. The van der Waals surface area contributed by atoms with Crippen LogP contribution in [-0.2, 0) is 11.3 Å². The van der Waals surface area contributed by atoms with Gasteiger partial charge in [0.05, 0.1) is 24.1 Å². The van der Waals surface area contributed by atoms with E-state index < -0.39 is 6.10 Å². The number of nitrogens with zero attached hydrogens (tertiary/aromatic N) is 3. The summed E-state index contributed by atoms with van der Waals surface area (Å²) >= 11 is 0. The van der Waals surface area contributed by atoms with Crippen LogP contribution in [0, 0.1) is 0 Å². The van der Waals surface area contributed by atoms with E-state index in [4.69, 9.17) is 10.5 Å². The van der Waals surface area contributed by atoms with Gasteiger partial charge < -0.3 is 15.4 Å². The normalized spacial score (nSPS) is 17.8. The highest BCUT2D eigenvalue weighted by molar-refractivity contribution is 5.99. The summed E-state index contributed by atoms with van der Waals surface area (Å²) in [7, 11) is 0. The van der Waals surface area contributed by atoms with Crippen LogP contribution in [0.4, 0.5) is 11.4 Å². The molecule has 3 rings (SSSR count). The summed E-state index contributed by atoms with van der Waals surface area (Å²) in [6.07, 6.45) is 2.88. The molecule has 0 fully saturated rings. The summed E-state index contributed by atoms with van der Waals surface area (Å²) in [5.74, 6) is 0.698. The Morgan fingerprint density at radius 2 is 2.15 bits per heavy atom. The Hall–Kier alpha value is -2.50. The van der Waals surface area contributed by atoms with Crippen molar-refractivity contribution >= 4 is 17.3 Å². The Morgan fingerprint density at radius 1 is 1.35 bits per heavy atom. The molecule has 1 atom stereocenters. The lowest BCUT2D eigenvalue weighted by Gasteiger charge is -2.32. The molecule has 2 N–H and O–H groups in total. The quantitative estimate of drug-likeness (QED) is 0.913. The third kappa shape index (κ3) is 2.20. The molecule has 0 radical (unpaired) electrons. The molecule has 0 bridgehead atoms. The number of amides is 1. The van der Waals surface area contributed by atoms with E-state index in [1.165, 1.54) is 0 Å². The van der Waals surface area contributed by atoms with Crippen LogP contribution in [0.15, 0.2) is 36.7 Å². The number of aromatic nitrogens is 2. The first-order valence-corrected chi connectivity index (χ1v) is 6.50. The van der Waals surface area contributed by atoms with Crippen molar-refractivity contribution in [3.05, 3.63) is 36.7 Å². The Labute approximate surface area is 116 Å². The minimum absolute atomic E-state index is 0.0381. The summed E-state index contributed by atoms with van der Waals surface area (Å²) < 4.78 is 7.32. The SMILES string of the molecule is CC1Oc2ccccc2N(CCn2cc(N)cn2)C1=O. The van der Waals surface area contributed by atoms with Crippen molar-refractivity contribution < 1.29 is 9.53 Å². The molecule has 1 aliphatic rings. The van der Waals surface area contributed by atoms with Gasteiger partial charge in [-0.1, -0.05) is 12.1 Å². The van der Waals surface area contributed by atoms with Crippen LogP contribution in [0.3, 0.4) is 0 Å². The van der Waals surface area contributed by atoms with Crippen LogP contribution < -0.4 is 15.4 Å². The molecule has 1 aliphatic heterocycles. The zero-order valence-corrected chi connectivity index (χ0v) is 11.2. The second-order valence-corrected chi connectivity index (χ2v) is 4.75. The topological polar surface area (TPSA) is 73.4 Å². The van der Waals surface area contributed by atoms with E-state index in [2.05, 4.69) is 5.10 Å². The van der Waals surface area contributed by atoms with Crippen molar-refractivity contribution in [2.75, 3.05) is 17.2 Å². The molecule has 2 aromatic rings. The van der Waals surface area contributed by atoms with Crippen molar-refractivity contribution in [1.82, 2.24) is 9.78 Å². The molecular formula is C14H16N4O2. The number of fused-ring (bicyclic) bond motifs is 1. The monoisotopic (exact) mass is 272 g/mol. The summed E-state index contributed by atoms with van der Waals surface area (Å²) in [5, 5.41) is 4.12. The van der Waals surface area contributed by atoms with Gasteiger partial charge in [0.15, 0.2) is 6.10 Å². The Morgan fingerprint density at radius 3 is 2.90 bits per heavy atom. The predicted octanol–water partition coefficient (Wildman–Crippen LogP) is 1.28. The van der Waals surface area contributed by atoms with E-state index in [-0.39, 0.29) is 5.91 Å². The highest BCUT2D eigenvalue weighted by Crippen LogP contribution is 2.33. The van der Waals surface area contributed by atoms with Gasteiger partial charge in [0.2, 0.25) is 0 Å². The van der Waals surface area contributed by atoms with E-state index in [0.717, 1.165) is 11.4 Å². The number of benzene rings is 1. The molecule has 0 saturated carbocycles. The lowest BCUT2D eigenvalue weighted by atomic mass is 10.2. The minimum Gasteiger partial charge on any atom is -0.479 e. The Bertz CT molecular complexity index is 638. The molecule has 0 spiro atoms. The first-order valence-electron chi connectivity index (χ1n) is 6.50. The molecule has 1 aromatic carbocycles. The number of nitrogen functional groups attached to an aromatic ring is 1. The average molecular weight is 272 g/mol. The molecule has 20 heavy (non-hydrogen) atoms. The largest absolute Gasteiger partial charge is 0.479 e. The summed E-state index contributed by atoms with van der Waals surface area (Å²) in [5.41, 5.74) is 7.05. The Balaban J connectivity index is 1.82. The van der Waals surface area contributed by atoms with Gasteiger partial charge in [0.25, 0.3) is 5.91 Å². The number of ether oxygens (including phenoxy) is 1. The Kier molecular flexibility index (Phi) is 3.06. The smallest absolute Gasteiger partial charge is 0.267 e. The number of hydrogen-bond donors (Lipinski definition) is 1. The molecule has 1 aromatic heterocycles. The fraction of sp³-hybridized carbons (Fsp3) is 0.286. The molecule has 0 aliphatic carbocycles. The van der Waals surface area contributed by atoms with E-state index in [9.17, 15) is 4.79 Å². The number of anilines is 2. The van der Waals surface area contributed by atoms with Crippen LogP contribution in [0.25, 0.3) is 0 Å². The summed E-state index contributed by atoms with van der Waals surface area (Å²) in [4.78, 5) is 14.0. The first-order chi connectivity index (χ1) is 9.65. The van der Waals surface area contributed by atoms with Crippen molar-refractivity contribution in [2.24, 2.45) is 0 Å². The fourth-order valence-corrected chi connectivity index (χ4v) is 2.29. The number of para-hydroxylation sites is 2. The molecule has 6 heteroatoms. The molecule has 104 valence electrons. The number of hydrogen-bond acceptors (Lipinski definition) is 4. The number of nitrogens with two attached hydrogens (primary N) is 1. The number of carbonyl (C=O) groups excluding carboxylic acids is 1. The maximum atomic E-state index is 12.3. The molecule has 1 unspecified atom stereocenters. The van der Waals surface area contributed by atoms with Crippen molar-refractivity contribution in [3.63, 3.8) is 0 Å². The van der Waals surface area contributed by atoms with Gasteiger partial charge in [-0.15, -0.1) is 0 Å². The van der Waals surface area contributed by atoms with E-state index in [0.29, 0.717) is 18.8 Å². The van der Waals surface area contributed by atoms with Crippen molar-refractivity contribution in [1.29, 1.82) is 0 Å². The van der Waals surface area contributed by atoms with Crippen LogP contribution in [0.5, 0.6) is 5.75 Å². The predicted molar refractivity (Wildman–Crippen MR) is 75.5 cm³/mol. The highest BCUT2D eigenvalue weighted by atomic mass is 16.5. The van der Waals surface area contributed by atoms with Crippen molar-refractivity contribution in [2.45, 2.75) is 19.6 Å². The van der Waals surface area contributed by atoms with Gasteiger partial charge in [0.1, 0.15) is 5.75 Å². The van der Waals surface area contributed by atoms with Gasteiger partial charge >= 0.3 is 0 Å². The zero-order chi connectivity index (χ0) is 14.1. The molecular weight excluding hydrogens is 256 g/mol. The van der Waals surface area contributed by atoms with E-state index in [1.807, 2.05) is 24.3 Å². The minimum atomic E-state index is -0.465. The highest BCUT2D eigenvalue weighted by Gasteiger charge is 2.30. The maximum Gasteiger partial charge on any atom is 0.267 e. The van der Waals surface area contributed by atoms with Gasteiger partial charge in [-0.05, 0) is 19.1 Å². The molecule has 0 saturated heterocycles. The molecule has 1 amide bonds. The number of rotatable bonds is 3. The average Bonchev–Trinajstić information content (AvgIpc) is 2.85.